The minimum absolute atomic E-state index is 0.0233. The first kappa shape index (κ1) is 14.7. The smallest absolute Gasteiger partial charge is 0.311 e. The molecule has 0 bridgehead atoms. The van der Waals surface area contributed by atoms with E-state index in [0.29, 0.717) is 10.0 Å². The van der Waals surface area contributed by atoms with Gasteiger partial charge >= 0.3 is 5.69 Å². The lowest BCUT2D eigenvalue weighted by Gasteiger charge is -2.09. The van der Waals surface area contributed by atoms with E-state index in [1.807, 2.05) is 0 Å². The van der Waals surface area contributed by atoms with Gasteiger partial charge < -0.3 is 4.74 Å². The minimum atomic E-state index is -0.571. The van der Waals surface area contributed by atoms with Gasteiger partial charge in [-0.3, -0.25) is 10.1 Å². The fourth-order valence-electron chi connectivity index (χ4n) is 1.55. The van der Waals surface area contributed by atoms with Crippen LogP contribution in [0.4, 0.5) is 10.1 Å². The predicted molar refractivity (Wildman–Crippen MR) is 76.8 cm³/mol. The van der Waals surface area contributed by atoms with E-state index < -0.39 is 10.7 Å². The van der Waals surface area contributed by atoms with Gasteiger partial charge in [0.05, 0.1) is 9.40 Å². The summed E-state index contributed by atoms with van der Waals surface area (Å²) in [5.41, 5.74) is 0.378. The van der Waals surface area contributed by atoms with Gasteiger partial charge in [-0.15, -0.1) is 11.6 Å². The maximum absolute atomic E-state index is 13.2. The van der Waals surface area contributed by atoms with Gasteiger partial charge in [-0.2, -0.15) is 0 Å². The summed E-state index contributed by atoms with van der Waals surface area (Å²) in [6, 6.07) is 8.24. The Morgan fingerprint density at radius 3 is 2.65 bits per heavy atom. The zero-order chi connectivity index (χ0) is 14.7. The number of ether oxygens (including phenoxy) is 1. The molecule has 2 rings (SSSR count). The van der Waals surface area contributed by atoms with Crippen LogP contribution in [0.1, 0.15) is 5.56 Å². The van der Waals surface area contributed by atoms with Crippen LogP contribution in [0.15, 0.2) is 40.9 Å². The van der Waals surface area contributed by atoms with Gasteiger partial charge in [0.15, 0.2) is 0 Å². The van der Waals surface area contributed by atoms with E-state index in [1.165, 1.54) is 24.3 Å². The molecule has 4 nitrogen and oxygen atoms in total. The van der Waals surface area contributed by atoms with Crippen LogP contribution in [-0.2, 0) is 5.88 Å². The standard InChI is InChI=1S/C13H8BrClFNO3/c14-10-3-2-9(16)6-13(10)20-12-4-1-8(7-15)5-11(12)17(18)19/h1-6H,7H2. The van der Waals surface area contributed by atoms with E-state index in [1.54, 1.807) is 6.07 Å². The molecule has 0 aliphatic heterocycles. The first-order valence-electron chi connectivity index (χ1n) is 5.47. The largest absolute Gasteiger partial charge is 0.449 e. The highest BCUT2D eigenvalue weighted by Crippen LogP contribution is 2.36. The SMILES string of the molecule is O=[N+]([O-])c1cc(CCl)ccc1Oc1cc(F)ccc1Br. The second kappa shape index (κ2) is 6.19. The van der Waals surface area contributed by atoms with Crippen LogP contribution in [0.2, 0.25) is 0 Å². The number of hydrogen-bond acceptors (Lipinski definition) is 3. The summed E-state index contributed by atoms with van der Waals surface area (Å²) < 4.78 is 19.1. The van der Waals surface area contributed by atoms with Crippen LogP contribution in [0.3, 0.4) is 0 Å². The number of rotatable bonds is 4. The summed E-state index contributed by atoms with van der Waals surface area (Å²) in [4.78, 5) is 10.5. The number of benzene rings is 2. The molecule has 0 fully saturated rings. The zero-order valence-electron chi connectivity index (χ0n) is 9.98. The third-order valence-corrected chi connectivity index (χ3v) is 3.45. The molecule has 0 unspecified atom stereocenters. The van der Waals surface area contributed by atoms with Gasteiger partial charge in [-0.05, 0) is 39.7 Å². The fraction of sp³-hybridized carbons (Fsp3) is 0.0769. The van der Waals surface area contributed by atoms with Crippen LogP contribution < -0.4 is 4.74 Å². The summed E-state index contributed by atoms with van der Waals surface area (Å²) in [6.07, 6.45) is 0. The molecule has 7 heteroatoms. The molecule has 0 spiro atoms. The van der Waals surface area contributed by atoms with Crippen molar-refractivity contribution in [2.24, 2.45) is 0 Å². The Kier molecular flexibility index (Phi) is 4.57. The van der Waals surface area contributed by atoms with Crippen molar-refractivity contribution in [2.75, 3.05) is 0 Å². The molecule has 0 radical (unpaired) electrons. The lowest BCUT2D eigenvalue weighted by Crippen LogP contribution is -1.95. The third kappa shape index (κ3) is 3.26. The highest BCUT2D eigenvalue weighted by molar-refractivity contribution is 9.10. The molecular formula is C13H8BrClFNO3. The zero-order valence-corrected chi connectivity index (χ0v) is 12.3. The number of alkyl halides is 1. The van der Waals surface area contributed by atoms with Crippen molar-refractivity contribution in [3.8, 4) is 11.5 Å². The van der Waals surface area contributed by atoms with E-state index in [9.17, 15) is 14.5 Å². The Morgan fingerprint density at radius 2 is 2.00 bits per heavy atom. The van der Waals surface area contributed by atoms with Crippen molar-refractivity contribution in [1.29, 1.82) is 0 Å². The molecule has 0 amide bonds. The van der Waals surface area contributed by atoms with Gasteiger partial charge in [-0.25, -0.2) is 4.39 Å². The van der Waals surface area contributed by atoms with Gasteiger partial charge in [0, 0.05) is 18.0 Å². The molecule has 0 aliphatic carbocycles. The Bertz CT molecular complexity index is 666. The van der Waals surface area contributed by atoms with Crippen LogP contribution in [-0.4, -0.2) is 4.92 Å². The molecule has 0 heterocycles. The van der Waals surface area contributed by atoms with Crippen LogP contribution in [0.5, 0.6) is 11.5 Å². The monoisotopic (exact) mass is 359 g/mol. The lowest BCUT2D eigenvalue weighted by molar-refractivity contribution is -0.385. The average Bonchev–Trinajstić information content (AvgIpc) is 2.43. The molecule has 0 atom stereocenters. The van der Waals surface area contributed by atoms with Gasteiger partial charge in [-0.1, -0.05) is 6.07 Å². The molecule has 104 valence electrons. The Morgan fingerprint density at radius 1 is 1.25 bits per heavy atom. The molecule has 0 aliphatic rings. The van der Waals surface area contributed by atoms with Crippen molar-refractivity contribution < 1.29 is 14.1 Å². The van der Waals surface area contributed by atoms with Crippen molar-refractivity contribution >= 4 is 33.2 Å². The van der Waals surface area contributed by atoms with Crippen molar-refractivity contribution in [3.05, 3.63) is 62.4 Å². The maximum atomic E-state index is 13.2. The highest BCUT2D eigenvalue weighted by atomic mass is 79.9. The molecule has 0 saturated heterocycles. The fourth-order valence-corrected chi connectivity index (χ4v) is 2.04. The normalized spacial score (nSPS) is 10.3. The van der Waals surface area contributed by atoms with Crippen molar-refractivity contribution in [2.45, 2.75) is 5.88 Å². The van der Waals surface area contributed by atoms with Gasteiger partial charge in [0.1, 0.15) is 11.6 Å². The first-order valence-corrected chi connectivity index (χ1v) is 6.80. The molecule has 2 aromatic carbocycles. The first-order chi connectivity index (χ1) is 9.51. The second-order valence-electron chi connectivity index (χ2n) is 3.87. The summed E-state index contributed by atoms with van der Waals surface area (Å²) >= 11 is 8.84. The van der Waals surface area contributed by atoms with Gasteiger partial charge in [0.2, 0.25) is 5.75 Å². The Labute approximate surface area is 127 Å². The number of hydrogen-bond donors (Lipinski definition) is 0. The van der Waals surface area contributed by atoms with E-state index in [4.69, 9.17) is 16.3 Å². The molecule has 20 heavy (non-hydrogen) atoms. The number of nitrogens with zero attached hydrogens (tertiary/aromatic N) is 1. The average molecular weight is 361 g/mol. The molecule has 0 aromatic heterocycles. The topological polar surface area (TPSA) is 52.4 Å². The van der Waals surface area contributed by atoms with Gasteiger partial charge in [0.25, 0.3) is 0 Å². The van der Waals surface area contributed by atoms with E-state index in [-0.39, 0.29) is 23.1 Å². The molecule has 0 saturated carbocycles. The van der Waals surface area contributed by atoms with Crippen molar-refractivity contribution in [1.82, 2.24) is 0 Å². The maximum Gasteiger partial charge on any atom is 0.311 e. The number of halogens is 3. The minimum Gasteiger partial charge on any atom is -0.449 e. The lowest BCUT2D eigenvalue weighted by atomic mass is 10.2. The summed E-state index contributed by atoms with van der Waals surface area (Å²) in [5, 5.41) is 11.0. The highest BCUT2D eigenvalue weighted by Gasteiger charge is 2.17. The molecule has 0 N–H and O–H groups in total. The van der Waals surface area contributed by atoms with Crippen LogP contribution in [0, 0.1) is 15.9 Å². The number of nitro groups is 1. The number of nitro benzene ring substituents is 1. The quantitative estimate of drug-likeness (QED) is 0.436. The summed E-state index contributed by atoms with van der Waals surface area (Å²) in [6.45, 7) is 0. The summed E-state index contributed by atoms with van der Waals surface area (Å²) in [5.74, 6) is -0.157. The predicted octanol–water partition coefficient (Wildman–Crippen LogP) is 5.03. The second-order valence-corrected chi connectivity index (χ2v) is 4.99. The van der Waals surface area contributed by atoms with E-state index in [2.05, 4.69) is 15.9 Å². The van der Waals surface area contributed by atoms with Crippen LogP contribution in [0.25, 0.3) is 0 Å². The Balaban J connectivity index is 2.42. The van der Waals surface area contributed by atoms with Crippen LogP contribution >= 0.6 is 27.5 Å². The Hall–Kier alpha value is -1.66. The molecular weight excluding hydrogens is 353 g/mol. The van der Waals surface area contributed by atoms with Crippen molar-refractivity contribution in [3.63, 3.8) is 0 Å². The summed E-state index contributed by atoms with van der Waals surface area (Å²) in [7, 11) is 0. The third-order valence-electron chi connectivity index (χ3n) is 2.49. The van der Waals surface area contributed by atoms with E-state index in [0.717, 1.165) is 6.07 Å². The molecule has 2 aromatic rings. The van der Waals surface area contributed by atoms with E-state index >= 15 is 0 Å².